The van der Waals surface area contributed by atoms with E-state index in [9.17, 15) is 9.59 Å². The molecule has 5 heteroatoms. The predicted molar refractivity (Wildman–Crippen MR) is 69.2 cm³/mol. The van der Waals surface area contributed by atoms with Gasteiger partial charge in [0.05, 0.1) is 0 Å². The van der Waals surface area contributed by atoms with Gasteiger partial charge in [-0.25, -0.2) is 4.79 Å². The van der Waals surface area contributed by atoms with Gasteiger partial charge in [0.2, 0.25) is 5.91 Å². The number of hydrogen-bond acceptors (Lipinski definition) is 3. The summed E-state index contributed by atoms with van der Waals surface area (Å²) in [7, 11) is 1.66. The number of rotatable bonds is 5. The minimum Gasteiger partial charge on any atom is -0.478 e. The molecule has 0 radical (unpaired) electrons. The van der Waals surface area contributed by atoms with Gasteiger partial charge in [0.15, 0.2) is 0 Å². The normalized spacial score (nSPS) is 18.7. The van der Waals surface area contributed by atoms with Gasteiger partial charge in [-0.3, -0.25) is 9.69 Å². The van der Waals surface area contributed by atoms with Gasteiger partial charge >= 0.3 is 5.97 Å². The largest absolute Gasteiger partial charge is 0.478 e. The number of hydrogen-bond donors (Lipinski definition) is 2. The molecular weight excluding hydrogens is 232 g/mol. The van der Waals surface area contributed by atoms with Crippen molar-refractivity contribution in [1.29, 1.82) is 0 Å². The van der Waals surface area contributed by atoms with E-state index in [4.69, 9.17) is 5.11 Å². The minimum absolute atomic E-state index is 0.111. The summed E-state index contributed by atoms with van der Waals surface area (Å²) in [5.41, 5.74) is 0.462. The average Bonchev–Trinajstić information content (AvgIpc) is 2.39. The van der Waals surface area contributed by atoms with Crippen molar-refractivity contribution in [3.8, 4) is 0 Å². The van der Waals surface area contributed by atoms with E-state index in [1.807, 2.05) is 6.92 Å². The summed E-state index contributed by atoms with van der Waals surface area (Å²) in [5.74, 6) is -0.608. The third kappa shape index (κ3) is 4.14. The molecule has 1 heterocycles. The fraction of sp³-hybridized carbons (Fsp3) is 0.692. The molecule has 18 heavy (non-hydrogen) atoms. The van der Waals surface area contributed by atoms with Crippen LogP contribution in [0.15, 0.2) is 11.6 Å². The highest BCUT2D eigenvalue weighted by Gasteiger charge is 2.23. The van der Waals surface area contributed by atoms with E-state index < -0.39 is 5.97 Å². The lowest BCUT2D eigenvalue weighted by atomic mass is 9.96. The standard InChI is InChI=1S/C13H22N2O3/c1-3-10(13(17)18)4-7-15-8-5-11(6-9-15)12(16)14-2/h4,11H,3,5-9H2,1-2H3,(H,14,16)(H,17,18). The Balaban J connectivity index is 2.40. The smallest absolute Gasteiger partial charge is 0.331 e. The Hall–Kier alpha value is -1.36. The van der Waals surface area contributed by atoms with Gasteiger partial charge in [-0.2, -0.15) is 0 Å². The zero-order chi connectivity index (χ0) is 13.5. The average molecular weight is 254 g/mol. The SMILES string of the molecule is CCC(=CCN1CCC(C(=O)NC)CC1)C(=O)O. The Kier molecular flexibility index (Phi) is 5.85. The summed E-state index contributed by atoms with van der Waals surface area (Å²) < 4.78 is 0. The molecule has 0 saturated carbocycles. The predicted octanol–water partition coefficient (Wildman–Crippen LogP) is 0.865. The molecule has 0 aromatic carbocycles. The summed E-state index contributed by atoms with van der Waals surface area (Å²) in [6.45, 7) is 4.21. The molecule has 0 aromatic rings. The van der Waals surface area contributed by atoms with Gasteiger partial charge in [-0.15, -0.1) is 0 Å². The lowest BCUT2D eigenvalue weighted by Crippen LogP contribution is -2.39. The molecule has 0 bridgehead atoms. The Labute approximate surface area is 108 Å². The van der Waals surface area contributed by atoms with Crippen LogP contribution in [-0.4, -0.2) is 48.6 Å². The van der Waals surface area contributed by atoms with Crippen molar-refractivity contribution in [2.45, 2.75) is 26.2 Å². The van der Waals surface area contributed by atoms with Crippen LogP contribution in [0, 0.1) is 5.92 Å². The molecule has 0 atom stereocenters. The lowest BCUT2D eigenvalue weighted by Gasteiger charge is -2.30. The maximum absolute atomic E-state index is 11.5. The van der Waals surface area contributed by atoms with Gasteiger partial charge in [0, 0.05) is 25.1 Å². The monoisotopic (exact) mass is 254 g/mol. The van der Waals surface area contributed by atoms with Crippen LogP contribution < -0.4 is 5.32 Å². The summed E-state index contributed by atoms with van der Waals surface area (Å²) in [4.78, 5) is 24.5. The molecule has 0 spiro atoms. The molecule has 1 fully saturated rings. The summed E-state index contributed by atoms with van der Waals surface area (Å²) in [6.07, 6.45) is 4.02. The molecule has 0 aromatic heterocycles. The van der Waals surface area contributed by atoms with Gasteiger partial charge in [-0.1, -0.05) is 13.0 Å². The first kappa shape index (κ1) is 14.7. The first-order valence-corrected chi connectivity index (χ1v) is 6.44. The van der Waals surface area contributed by atoms with Crippen molar-refractivity contribution < 1.29 is 14.7 Å². The fourth-order valence-electron chi connectivity index (χ4n) is 2.20. The third-order valence-corrected chi connectivity index (χ3v) is 3.46. The van der Waals surface area contributed by atoms with E-state index in [1.165, 1.54) is 0 Å². The van der Waals surface area contributed by atoms with Gasteiger partial charge in [-0.05, 0) is 32.4 Å². The van der Waals surface area contributed by atoms with Crippen LogP contribution >= 0.6 is 0 Å². The fourth-order valence-corrected chi connectivity index (χ4v) is 2.20. The second-order valence-electron chi connectivity index (χ2n) is 4.58. The second kappa shape index (κ2) is 7.16. The molecule has 0 aliphatic carbocycles. The number of likely N-dealkylation sites (tertiary alicyclic amines) is 1. The zero-order valence-electron chi connectivity index (χ0n) is 11.1. The topological polar surface area (TPSA) is 69.6 Å². The minimum atomic E-state index is -0.835. The Bertz CT molecular complexity index is 331. The molecule has 1 aliphatic rings. The Morgan fingerprint density at radius 2 is 2.00 bits per heavy atom. The lowest BCUT2D eigenvalue weighted by molar-refractivity contribution is -0.132. The van der Waals surface area contributed by atoms with Crippen LogP contribution in [0.1, 0.15) is 26.2 Å². The summed E-state index contributed by atoms with van der Waals surface area (Å²) in [5, 5.41) is 11.6. The Morgan fingerprint density at radius 1 is 1.39 bits per heavy atom. The molecule has 102 valence electrons. The van der Waals surface area contributed by atoms with Crippen LogP contribution in [0.3, 0.4) is 0 Å². The molecule has 1 aliphatic heterocycles. The molecule has 2 N–H and O–H groups in total. The van der Waals surface area contributed by atoms with Crippen molar-refractivity contribution >= 4 is 11.9 Å². The van der Waals surface area contributed by atoms with Crippen molar-refractivity contribution in [3.63, 3.8) is 0 Å². The number of carboxylic acids is 1. The highest BCUT2D eigenvalue weighted by Crippen LogP contribution is 2.17. The second-order valence-corrected chi connectivity index (χ2v) is 4.58. The number of aliphatic carboxylic acids is 1. The summed E-state index contributed by atoms with van der Waals surface area (Å²) in [6, 6.07) is 0. The van der Waals surface area contributed by atoms with E-state index in [2.05, 4.69) is 10.2 Å². The first-order chi connectivity index (χ1) is 8.58. The number of amides is 1. The van der Waals surface area contributed by atoms with E-state index in [0.717, 1.165) is 25.9 Å². The first-order valence-electron chi connectivity index (χ1n) is 6.44. The number of carboxylic acid groups (broad SMARTS) is 1. The summed E-state index contributed by atoms with van der Waals surface area (Å²) >= 11 is 0. The van der Waals surface area contributed by atoms with Crippen LogP contribution in [0.4, 0.5) is 0 Å². The van der Waals surface area contributed by atoms with E-state index in [1.54, 1.807) is 13.1 Å². The number of carbonyl (C=O) groups excluding carboxylic acids is 1. The number of nitrogens with zero attached hydrogens (tertiary/aromatic N) is 1. The van der Waals surface area contributed by atoms with Crippen LogP contribution in [0.5, 0.6) is 0 Å². The van der Waals surface area contributed by atoms with Gasteiger partial charge < -0.3 is 10.4 Å². The number of carbonyl (C=O) groups is 2. The van der Waals surface area contributed by atoms with Crippen molar-refractivity contribution in [1.82, 2.24) is 10.2 Å². The third-order valence-electron chi connectivity index (χ3n) is 3.46. The highest BCUT2D eigenvalue weighted by molar-refractivity contribution is 5.86. The van der Waals surface area contributed by atoms with Crippen LogP contribution in [0.2, 0.25) is 0 Å². The van der Waals surface area contributed by atoms with Gasteiger partial charge in [0.25, 0.3) is 0 Å². The van der Waals surface area contributed by atoms with Crippen molar-refractivity contribution in [3.05, 3.63) is 11.6 Å². The molecule has 5 nitrogen and oxygen atoms in total. The number of nitrogens with one attached hydrogen (secondary N) is 1. The highest BCUT2D eigenvalue weighted by atomic mass is 16.4. The maximum Gasteiger partial charge on any atom is 0.331 e. The number of piperidine rings is 1. The zero-order valence-corrected chi connectivity index (χ0v) is 11.1. The van der Waals surface area contributed by atoms with Crippen LogP contribution in [-0.2, 0) is 9.59 Å². The maximum atomic E-state index is 11.5. The van der Waals surface area contributed by atoms with Crippen molar-refractivity contribution in [2.75, 3.05) is 26.7 Å². The molecule has 1 saturated heterocycles. The van der Waals surface area contributed by atoms with E-state index in [-0.39, 0.29) is 11.8 Å². The quantitative estimate of drug-likeness (QED) is 0.714. The van der Waals surface area contributed by atoms with Crippen LogP contribution in [0.25, 0.3) is 0 Å². The van der Waals surface area contributed by atoms with E-state index in [0.29, 0.717) is 18.5 Å². The molecule has 1 rings (SSSR count). The van der Waals surface area contributed by atoms with Gasteiger partial charge in [0.1, 0.15) is 0 Å². The Morgan fingerprint density at radius 3 is 2.44 bits per heavy atom. The van der Waals surface area contributed by atoms with Crippen molar-refractivity contribution in [2.24, 2.45) is 5.92 Å². The molecular formula is C13H22N2O3. The van der Waals surface area contributed by atoms with E-state index >= 15 is 0 Å². The molecule has 0 unspecified atom stereocenters. The molecule has 1 amide bonds.